The number of aryl methyl sites for hydroxylation is 1. The second-order valence-corrected chi connectivity index (χ2v) is 5.58. The number of carbonyl (C=O) groups excluding carboxylic acids is 1. The summed E-state index contributed by atoms with van der Waals surface area (Å²) >= 11 is 1.59. The molecular weight excluding hydrogens is 264 g/mol. The molecule has 1 aromatic rings. The van der Waals surface area contributed by atoms with E-state index in [4.69, 9.17) is 5.11 Å². The molecule has 0 saturated carbocycles. The molecule has 3 N–H and O–H groups in total. The quantitative estimate of drug-likeness (QED) is 0.749. The maximum absolute atomic E-state index is 11.6. The molecule has 0 aliphatic heterocycles. The summed E-state index contributed by atoms with van der Waals surface area (Å²) < 4.78 is 0. The van der Waals surface area contributed by atoms with Gasteiger partial charge in [0.1, 0.15) is 0 Å². The van der Waals surface area contributed by atoms with Gasteiger partial charge in [0.15, 0.2) is 0 Å². The first-order valence-electron chi connectivity index (χ1n) is 6.18. The first-order valence-corrected chi connectivity index (χ1v) is 7.12. The third kappa shape index (κ3) is 4.90. The molecule has 0 bridgehead atoms. The van der Waals surface area contributed by atoms with Crippen LogP contribution in [0.5, 0.6) is 0 Å². The van der Waals surface area contributed by atoms with Gasteiger partial charge in [0, 0.05) is 13.1 Å². The second kappa shape index (κ2) is 7.13. The fourth-order valence-corrected chi connectivity index (χ4v) is 2.47. The maximum Gasteiger partial charge on any atom is 0.315 e. The predicted octanol–water partition coefficient (Wildman–Crippen LogP) is 2.21. The van der Waals surface area contributed by atoms with Crippen LogP contribution in [0.1, 0.15) is 25.0 Å². The first-order chi connectivity index (χ1) is 8.91. The molecule has 0 saturated heterocycles. The molecule has 1 unspecified atom stereocenters. The molecule has 6 heteroatoms. The van der Waals surface area contributed by atoms with Crippen molar-refractivity contribution >= 4 is 23.3 Å². The minimum atomic E-state index is -0.885. The number of rotatable bonds is 6. The highest BCUT2D eigenvalue weighted by Gasteiger charge is 2.21. The molecule has 0 fully saturated rings. The van der Waals surface area contributed by atoms with Gasteiger partial charge in [-0.1, -0.05) is 13.8 Å². The Morgan fingerprint density at radius 1 is 1.32 bits per heavy atom. The number of amides is 2. The monoisotopic (exact) mass is 284 g/mol. The molecule has 1 rings (SSSR count). The smallest absolute Gasteiger partial charge is 0.315 e. The predicted molar refractivity (Wildman–Crippen MR) is 75.3 cm³/mol. The van der Waals surface area contributed by atoms with Crippen molar-refractivity contribution in [3.63, 3.8) is 0 Å². The summed E-state index contributed by atoms with van der Waals surface area (Å²) in [6.07, 6.45) is 0. The third-order valence-electron chi connectivity index (χ3n) is 3.01. The van der Waals surface area contributed by atoms with Crippen LogP contribution in [0.4, 0.5) is 4.79 Å². The highest BCUT2D eigenvalue weighted by atomic mass is 32.1. The van der Waals surface area contributed by atoms with Gasteiger partial charge in [-0.25, -0.2) is 4.79 Å². The number of thiophene rings is 1. The van der Waals surface area contributed by atoms with Crippen molar-refractivity contribution in [2.75, 3.05) is 6.54 Å². The Morgan fingerprint density at radius 3 is 2.47 bits per heavy atom. The highest BCUT2D eigenvalue weighted by Crippen LogP contribution is 2.13. The molecule has 0 aliphatic rings. The summed E-state index contributed by atoms with van der Waals surface area (Å²) in [5, 5.41) is 18.3. The van der Waals surface area contributed by atoms with Gasteiger partial charge < -0.3 is 15.7 Å². The van der Waals surface area contributed by atoms with Gasteiger partial charge in [-0.05, 0) is 34.7 Å². The number of aliphatic carboxylic acids is 1. The van der Waals surface area contributed by atoms with E-state index in [9.17, 15) is 9.59 Å². The van der Waals surface area contributed by atoms with E-state index < -0.39 is 11.9 Å². The van der Waals surface area contributed by atoms with Crippen LogP contribution < -0.4 is 10.6 Å². The SMILES string of the molecule is Cc1cscc1CNC(=O)NCC(C(=O)O)C(C)C. The van der Waals surface area contributed by atoms with Crippen LogP contribution in [0, 0.1) is 18.8 Å². The third-order valence-corrected chi connectivity index (χ3v) is 3.92. The molecule has 5 nitrogen and oxygen atoms in total. The number of urea groups is 1. The topological polar surface area (TPSA) is 78.4 Å². The van der Waals surface area contributed by atoms with Gasteiger partial charge >= 0.3 is 12.0 Å². The first kappa shape index (κ1) is 15.5. The summed E-state index contributed by atoms with van der Waals surface area (Å²) in [5.41, 5.74) is 2.23. The number of hydrogen-bond donors (Lipinski definition) is 3. The van der Waals surface area contributed by atoms with Gasteiger partial charge in [0.05, 0.1) is 5.92 Å². The lowest BCUT2D eigenvalue weighted by Gasteiger charge is -2.17. The van der Waals surface area contributed by atoms with Crippen molar-refractivity contribution in [2.24, 2.45) is 11.8 Å². The zero-order chi connectivity index (χ0) is 14.4. The fourth-order valence-electron chi connectivity index (χ4n) is 1.62. The van der Waals surface area contributed by atoms with Crippen LogP contribution in [-0.2, 0) is 11.3 Å². The lowest BCUT2D eigenvalue weighted by atomic mass is 9.96. The fraction of sp³-hybridized carbons (Fsp3) is 0.538. The van der Waals surface area contributed by atoms with Crippen molar-refractivity contribution in [3.05, 3.63) is 21.9 Å². The number of carboxylic acid groups (broad SMARTS) is 1. The molecule has 2 amide bonds. The van der Waals surface area contributed by atoms with Crippen LogP contribution in [0.3, 0.4) is 0 Å². The molecule has 1 heterocycles. The van der Waals surface area contributed by atoms with Crippen LogP contribution in [0.2, 0.25) is 0 Å². The van der Waals surface area contributed by atoms with E-state index in [1.165, 1.54) is 0 Å². The van der Waals surface area contributed by atoms with Crippen molar-refractivity contribution in [2.45, 2.75) is 27.3 Å². The van der Waals surface area contributed by atoms with E-state index in [1.54, 1.807) is 11.3 Å². The summed E-state index contributed by atoms with van der Waals surface area (Å²) in [7, 11) is 0. The molecule has 0 aliphatic carbocycles. The lowest BCUT2D eigenvalue weighted by molar-refractivity contribution is -0.142. The zero-order valence-electron chi connectivity index (χ0n) is 11.4. The Balaban J connectivity index is 2.35. The lowest BCUT2D eigenvalue weighted by Crippen LogP contribution is -2.41. The number of hydrogen-bond acceptors (Lipinski definition) is 3. The van der Waals surface area contributed by atoms with Crippen molar-refractivity contribution in [3.8, 4) is 0 Å². The molecule has 1 aromatic heterocycles. The molecule has 19 heavy (non-hydrogen) atoms. The van der Waals surface area contributed by atoms with Gasteiger partial charge in [0.25, 0.3) is 0 Å². The highest BCUT2D eigenvalue weighted by molar-refractivity contribution is 7.08. The Bertz CT molecular complexity index is 443. The zero-order valence-corrected chi connectivity index (χ0v) is 12.2. The molecule has 1 atom stereocenters. The standard InChI is InChI=1S/C13H20N2O3S/c1-8(2)11(12(16)17)5-15-13(18)14-4-10-7-19-6-9(10)3/h6-8,11H,4-5H2,1-3H3,(H,16,17)(H2,14,15,18). The van der Waals surface area contributed by atoms with Crippen molar-refractivity contribution in [1.82, 2.24) is 10.6 Å². The normalized spacial score (nSPS) is 12.2. The van der Waals surface area contributed by atoms with Gasteiger partial charge in [-0.2, -0.15) is 11.3 Å². The number of carbonyl (C=O) groups is 2. The van der Waals surface area contributed by atoms with Crippen LogP contribution >= 0.6 is 11.3 Å². The van der Waals surface area contributed by atoms with Crippen LogP contribution in [0.15, 0.2) is 10.8 Å². The molecule has 0 aromatic carbocycles. The summed E-state index contributed by atoms with van der Waals surface area (Å²) in [5.74, 6) is -1.46. The largest absolute Gasteiger partial charge is 0.481 e. The average Bonchev–Trinajstić information content (AvgIpc) is 2.71. The Labute approximate surface area is 117 Å². The van der Waals surface area contributed by atoms with E-state index in [-0.39, 0.29) is 18.5 Å². The average molecular weight is 284 g/mol. The van der Waals surface area contributed by atoms with E-state index >= 15 is 0 Å². The van der Waals surface area contributed by atoms with Crippen LogP contribution in [0.25, 0.3) is 0 Å². The Kier molecular flexibility index (Phi) is 5.82. The van der Waals surface area contributed by atoms with Gasteiger partial charge in [0.2, 0.25) is 0 Å². The molecular formula is C13H20N2O3S. The van der Waals surface area contributed by atoms with E-state index in [2.05, 4.69) is 10.6 Å². The Hall–Kier alpha value is -1.56. The summed E-state index contributed by atoms with van der Waals surface area (Å²) in [4.78, 5) is 22.6. The summed E-state index contributed by atoms with van der Waals surface area (Å²) in [6, 6.07) is -0.336. The van der Waals surface area contributed by atoms with Gasteiger partial charge in [-0.3, -0.25) is 4.79 Å². The van der Waals surface area contributed by atoms with E-state index in [1.807, 2.05) is 31.5 Å². The van der Waals surface area contributed by atoms with Crippen molar-refractivity contribution < 1.29 is 14.7 Å². The maximum atomic E-state index is 11.6. The van der Waals surface area contributed by atoms with E-state index in [0.29, 0.717) is 6.54 Å². The van der Waals surface area contributed by atoms with E-state index in [0.717, 1.165) is 11.1 Å². The molecule has 0 spiro atoms. The minimum Gasteiger partial charge on any atom is -0.481 e. The van der Waals surface area contributed by atoms with Crippen molar-refractivity contribution in [1.29, 1.82) is 0 Å². The minimum absolute atomic E-state index is 0.0167. The number of carboxylic acids is 1. The molecule has 0 radical (unpaired) electrons. The summed E-state index contributed by atoms with van der Waals surface area (Å²) in [6.45, 7) is 6.24. The Morgan fingerprint density at radius 2 is 2.00 bits per heavy atom. The number of nitrogens with one attached hydrogen (secondary N) is 2. The molecule has 106 valence electrons. The second-order valence-electron chi connectivity index (χ2n) is 4.83. The van der Waals surface area contributed by atoms with Crippen LogP contribution in [-0.4, -0.2) is 23.7 Å². The van der Waals surface area contributed by atoms with Gasteiger partial charge in [-0.15, -0.1) is 0 Å².